The number of nitro benzene ring substituents is 1. The summed E-state index contributed by atoms with van der Waals surface area (Å²) in [4.78, 5) is 31.2. The maximum atomic E-state index is 11.4. The van der Waals surface area contributed by atoms with Crippen molar-refractivity contribution in [1.29, 1.82) is 0 Å². The van der Waals surface area contributed by atoms with E-state index in [1.165, 1.54) is 18.2 Å². The number of aliphatic hydroxyl groups is 1. The molecular weight excluding hydrogens is 356 g/mol. The highest BCUT2D eigenvalue weighted by molar-refractivity contribution is 5.63. The van der Waals surface area contributed by atoms with Gasteiger partial charge in [0.1, 0.15) is 6.20 Å². The topological polar surface area (TPSA) is 148 Å². The molecule has 2 heterocycles. The molecule has 11 heteroatoms. The molecule has 2 aromatic rings. The van der Waals surface area contributed by atoms with Gasteiger partial charge in [-0.05, 0) is 24.8 Å². The lowest BCUT2D eigenvalue weighted by Gasteiger charge is -2.32. The van der Waals surface area contributed by atoms with Crippen molar-refractivity contribution in [2.45, 2.75) is 12.8 Å². The number of benzene rings is 1. The number of nitro groups is 2. The van der Waals surface area contributed by atoms with Crippen LogP contribution < -0.4 is 10.2 Å². The molecular formula is C16H18N6O5. The molecule has 142 valence electrons. The fraction of sp³-hybridized carbons (Fsp3) is 0.375. The van der Waals surface area contributed by atoms with Crippen LogP contribution in [0.1, 0.15) is 12.8 Å². The summed E-state index contributed by atoms with van der Waals surface area (Å²) in [5.41, 5.74) is 0.0815. The van der Waals surface area contributed by atoms with Crippen molar-refractivity contribution >= 4 is 28.8 Å². The second-order valence-electron chi connectivity index (χ2n) is 6.23. The Balaban J connectivity index is 1.90. The van der Waals surface area contributed by atoms with Crippen molar-refractivity contribution in [2.24, 2.45) is 5.92 Å². The van der Waals surface area contributed by atoms with E-state index < -0.39 is 9.85 Å². The molecule has 3 rings (SSSR count). The van der Waals surface area contributed by atoms with E-state index in [0.29, 0.717) is 18.8 Å². The zero-order valence-corrected chi connectivity index (χ0v) is 14.3. The average Bonchev–Trinajstić information content (AvgIpc) is 2.68. The molecule has 1 atom stereocenters. The van der Waals surface area contributed by atoms with Crippen LogP contribution in [-0.2, 0) is 0 Å². The number of anilines is 3. The van der Waals surface area contributed by atoms with Gasteiger partial charge < -0.3 is 15.3 Å². The van der Waals surface area contributed by atoms with Crippen molar-refractivity contribution in [1.82, 2.24) is 9.97 Å². The first kappa shape index (κ1) is 18.5. The number of hydrogen-bond acceptors (Lipinski definition) is 9. The standard InChI is InChI=1S/C16H18N6O5/c23-10-11-3-2-6-20(9-11)15-14(22(26)27)8-17-16(19-15)18-12-4-1-5-13(7-12)21(24)25/h1,4-5,7-8,11,23H,2-3,6,9-10H2,(H,17,18,19). The molecule has 27 heavy (non-hydrogen) atoms. The van der Waals surface area contributed by atoms with Gasteiger partial charge in [0, 0.05) is 37.5 Å². The largest absolute Gasteiger partial charge is 0.396 e. The quantitative estimate of drug-likeness (QED) is 0.573. The van der Waals surface area contributed by atoms with Gasteiger partial charge in [-0.15, -0.1) is 0 Å². The summed E-state index contributed by atoms with van der Waals surface area (Å²) in [7, 11) is 0. The number of nitrogens with one attached hydrogen (secondary N) is 1. The first-order valence-corrected chi connectivity index (χ1v) is 8.36. The first-order chi connectivity index (χ1) is 13.0. The van der Waals surface area contributed by atoms with Crippen LogP contribution in [0, 0.1) is 26.1 Å². The van der Waals surface area contributed by atoms with Gasteiger partial charge >= 0.3 is 5.69 Å². The third-order valence-electron chi connectivity index (χ3n) is 4.34. The summed E-state index contributed by atoms with van der Waals surface area (Å²) in [6.07, 6.45) is 2.76. The first-order valence-electron chi connectivity index (χ1n) is 8.36. The Labute approximate surface area is 154 Å². The van der Waals surface area contributed by atoms with Crippen molar-refractivity contribution in [3.05, 3.63) is 50.7 Å². The van der Waals surface area contributed by atoms with Gasteiger partial charge in [0.05, 0.1) is 9.85 Å². The van der Waals surface area contributed by atoms with Crippen LogP contribution in [0.4, 0.5) is 28.8 Å². The second kappa shape index (κ2) is 7.91. The minimum Gasteiger partial charge on any atom is -0.396 e. The van der Waals surface area contributed by atoms with E-state index in [0.717, 1.165) is 19.0 Å². The molecule has 1 fully saturated rings. The molecule has 0 amide bonds. The number of piperidine rings is 1. The second-order valence-corrected chi connectivity index (χ2v) is 6.23. The molecule has 1 aromatic carbocycles. The summed E-state index contributed by atoms with van der Waals surface area (Å²) in [6, 6.07) is 5.81. The summed E-state index contributed by atoms with van der Waals surface area (Å²) >= 11 is 0. The lowest BCUT2D eigenvalue weighted by Crippen LogP contribution is -2.37. The average molecular weight is 374 g/mol. The molecule has 1 aromatic heterocycles. The third-order valence-corrected chi connectivity index (χ3v) is 4.34. The Bertz CT molecular complexity index is 861. The molecule has 1 unspecified atom stereocenters. The predicted octanol–water partition coefficient (Wildman–Crippen LogP) is 2.25. The Morgan fingerprint density at radius 1 is 1.30 bits per heavy atom. The van der Waals surface area contributed by atoms with Crippen LogP contribution in [-0.4, -0.2) is 44.6 Å². The maximum absolute atomic E-state index is 11.4. The Hall–Kier alpha value is -3.34. The molecule has 1 aliphatic rings. The van der Waals surface area contributed by atoms with Gasteiger partial charge in [-0.1, -0.05) is 6.07 Å². The molecule has 11 nitrogen and oxygen atoms in total. The van der Waals surface area contributed by atoms with E-state index in [1.807, 2.05) is 0 Å². The van der Waals surface area contributed by atoms with Gasteiger partial charge in [-0.3, -0.25) is 20.2 Å². The maximum Gasteiger partial charge on any atom is 0.329 e. The van der Waals surface area contributed by atoms with Crippen LogP contribution in [0.2, 0.25) is 0 Å². The van der Waals surface area contributed by atoms with Crippen molar-refractivity contribution in [3.63, 3.8) is 0 Å². The third kappa shape index (κ3) is 4.26. The smallest absolute Gasteiger partial charge is 0.329 e. The molecule has 0 radical (unpaired) electrons. The Kier molecular flexibility index (Phi) is 5.41. The van der Waals surface area contributed by atoms with Gasteiger partial charge in [0.25, 0.3) is 5.69 Å². The fourth-order valence-corrected chi connectivity index (χ4v) is 3.02. The fourth-order valence-electron chi connectivity index (χ4n) is 3.02. The number of rotatable bonds is 6. The minimum atomic E-state index is -0.547. The zero-order valence-electron chi connectivity index (χ0n) is 14.3. The van der Waals surface area contributed by atoms with Crippen molar-refractivity contribution in [3.8, 4) is 0 Å². The Morgan fingerprint density at radius 2 is 2.11 bits per heavy atom. The summed E-state index contributed by atoms with van der Waals surface area (Å²) in [5.74, 6) is 0.296. The van der Waals surface area contributed by atoms with Crippen LogP contribution in [0.3, 0.4) is 0 Å². The number of aliphatic hydroxyl groups excluding tert-OH is 1. The number of non-ortho nitro benzene ring substituents is 1. The number of nitrogens with zero attached hydrogens (tertiary/aromatic N) is 5. The monoisotopic (exact) mass is 374 g/mol. The van der Waals surface area contributed by atoms with Crippen molar-refractivity contribution in [2.75, 3.05) is 29.9 Å². The SMILES string of the molecule is O=[N+]([O-])c1cccc(Nc2ncc([N+](=O)[O-])c(N3CCCC(CO)C3)n2)c1. The van der Waals surface area contributed by atoms with E-state index >= 15 is 0 Å². The highest BCUT2D eigenvalue weighted by atomic mass is 16.6. The molecule has 0 bridgehead atoms. The Morgan fingerprint density at radius 3 is 2.81 bits per heavy atom. The van der Waals surface area contributed by atoms with E-state index in [1.54, 1.807) is 11.0 Å². The minimum absolute atomic E-state index is 0.00811. The van der Waals surface area contributed by atoms with E-state index in [-0.39, 0.29) is 35.7 Å². The molecule has 1 aliphatic heterocycles. The van der Waals surface area contributed by atoms with Crippen LogP contribution in [0.25, 0.3) is 0 Å². The van der Waals surface area contributed by atoms with Crippen LogP contribution >= 0.6 is 0 Å². The lowest BCUT2D eigenvalue weighted by atomic mass is 9.99. The molecule has 1 saturated heterocycles. The number of aromatic nitrogens is 2. The van der Waals surface area contributed by atoms with Crippen LogP contribution in [0.5, 0.6) is 0 Å². The van der Waals surface area contributed by atoms with Gasteiger partial charge in [-0.2, -0.15) is 4.98 Å². The lowest BCUT2D eigenvalue weighted by molar-refractivity contribution is -0.384. The molecule has 0 spiro atoms. The summed E-state index contributed by atoms with van der Waals surface area (Å²) in [5, 5.41) is 34.5. The van der Waals surface area contributed by atoms with Crippen LogP contribution in [0.15, 0.2) is 30.5 Å². The van der Waals surface area contributed by atoms with E-state index in [2.05, 4.69) is 15.3 Å². The zero-order chi connectivity index (χ0) is 19.4. The van der Waals surface area contributed by atoms with E-state index in [9.17, 15) is 25.3 Å². The number of hydrogen-bond donors (Lipinski definition) is 2. The highest BCUT2D eigenvalue weighted by Crippen LogP contribution is 2.31. The molecule has 2 N–H and O–H groups in total. The van der Waals surface area contributed by atoms with Gasteiger partial charge in [0.2, 0.25) is 11.8 Å². The highest BCUT2D eigenvalue weighted by Gasteiger charge is 2.27. The van der Waals surface area contributed by atoms with Gasteiger partial charge in [-0.25, -0.2) is 4.98 Å². The van der Waals surface area contributed by atoms with E-state index in [4.69, 9.17) is 0 Å². The van der Waals surface area contributed by atoms with Crippen molar-refractivity contribution < 1.29 is 15.0 Å². The summed E-state index contributed by atoms with van der Waals surface area (Å²) < 4.78 is 0. The molecule has 0 saturated carbocycles. The molecule has 0 aliphatic carbocycles. The predicted molar refractivity (Wildman–Crippen MR) is 97.1 cm³/mol. The van der Waals surface area contributed by atoms with Gasteiger partial charge in [0.15, 0.2) is 0 Å². The summed E-state index contributed by atoms with van der Waals surface area (Å²) in [6.45, 7) is 1.06. The normalized spacial score (nSPS) is 16.8.